The lowest BCUT2D eigenvalue weighted by Crippen LogP contribution is -2.11. The van der Waals surface area contributed by atoms with Gasteiger partial charge >= 0.3 is 0 Å². The average molecular weight is 663 g/mol. The van der Waals surface area contributed by atoms with E-state index in [9.17, 15) is 0 Å². The summed E-state index contributed by atoms with van der Waals surface area (Å²) in [6.07, 6.45) is 0. The molecule has 0 fully saturated rings. The van der Waals surface area contributed by atoms with Crippen molar-refractivity contribution < 1.29 is 0 Å². The summed E-state index contributed by atoms with van der Waals surface area (Å²) in [6.45, 7) is 0. The molecule has 0 amide bonds. The van der Waals surface area contributed by atoms with Gasteiger partial charge in [-0.15, -0.1) is 0 Å². The normalized spacial score (nSPS) is 11.5. The summed E-state index contributed by atoms with van der Waals surface area (Å²) in [5.41, 5.74) is 11.8. The van der Waals surface area contributed by atoms with Crippen molar-refractivity contribution in [3.05, 3.63) is 206 Å². The van der Waals surface area contributed by atoms with Crippen LogP contribution >= 0.6 is 0 Å². The Morgan fingerprint density at radius 3 is 1.31 bits per heavy atom. The summed E-state index contributed by atoms with van der Waals surface area (Å²) in [5.74, 6) is 0. The fourth-order valence-electron chi connectivity index (χ4n) is 8.17. The topological polar surface area (TPSA) is 8.17 Å². The van der Waals surface area contributed by atoms with Gasteiger partial charge in [-0.3, -0.25) is 0 Å². The third-order valence-corrected chi connectivity index (χ3v) is 10.4. The van der Waals surface area contributed by atoms with Crippen molar-refractivity contribution in [1.82, 2.24) is 4.57 Å². The Bertz CT molecular complexity index is 2780. The minimum Gasteiger partial charge on any atom is -0.310 e. The number of hydrogen-bond acceptors (Lipinski definition) is 1. The molecule has 0 atom stereocenters. The second-order valence-electron chi connectivity index (χ2n) is 13.3. The Morgan fingerprint density at radius 1 is 0.308 bits per heavy atom. The van der Waals surface area contributed by atoms with Crippen molar-refractivity contribution in [2.75, 3.05) is 4.90 Å². The number of rotatable bonds is 6. The first kappa shape index (κ1) is 30.0. The maximum Gasteiger partial charge on any atom is 0.0541 e. The first-order chi connectivity index (χ1) is 25.8. The molecule has 1 heterocycles. The predicted octanol–water partition coefficient (Wildman–Crippen LogP) is 13.9. The molecule has 0 aliphatic heterocycles. The molecule has 0 bridgehead atoms. The highest BCUT2D eigenvalue weighted by Gasteiger charge is 2.22. The molecule has 10 aromatic rings. The summed E-state index contributed by atoms with van der Waals surface area (Å²) < 4.78 is 2.38. The molecule has 2 heteroatoms. The van der Waals surface area contributed by atoms with E-state index in [1.165, 1.54) is 65.6 Å². The van der Waals surface area contributed by atoms with Gasteiger partial charge in [-0.25, -0.2) is 0 Å². The van der Waals surface area contributed by atoms with Crippen molar-refractivity contribution in [1.29, 1.82) is 0 Å². The third-order valence-electron chi connectivity index (χ3n) is 10.4. The van der Waals surface area contributed by atoms with Crippen LogP contribution in [-0.4, -0.2) is 4.57 Å². The van der Waals surface area contributed by atoms with E-state index in [0.29, 0.717) is 0 Å². The molecule has 0 aliphatic rings. The van der Waals surface area contributed by atoms with Crippen LogP contribution in [0.25, 0.3) is 71.3 Å². The zero-order valence-electron chi connectivity index (χ0n) is 28.5. The summed E-state index contributed by atoms with van der Waals surface area (Å²) in [4.78, 5) is 2.40. The smallest absolute Gasteiger partial charge is 0.0541 e. The fourth-order valence-corrected chi connectivity index (χ4v) is 8.17. The van der Waals surface area contributed by atoms with Gasteiger partial charge < -0.3 is 9.47 Å². The molecule has 0 spiro atoms. The van der Waals surface area contributed by atoms with Crippen molar-refractivity contribution in [3.63, 3.8) is 0 Å². The minimum atomic E-state index is 1.10. The summed E-state index contributed by atoms with van der Waals surface area (Å²) in [5, 5.41) is 7.50. The van der Waals surface area contributed by atoms with Crippen LogP contribution in [0, 0.1) is 0 Å². The second-order valence-corrected chi connectivity index (χ2v) is 13.3. The number of nitrogens with zero attached hydrogens (tertiary/aromatic N) is 2. The summed E-state index contributed by atoms with van der Waals surface area (Å²) in [6, 6.07) is 74.6. The zero-order chi connectivity index (χ0) is 34.4. The van der Waals surface area contributed by atoms with Crippen LogP contribution in [-0.2, 0) is 0 Å². The van der Waals surface area contributed by atoms with E-state index >= 15 is 0 Å². The molecule has 244 valence electrons. The average Bonchev–Trinajstić information content (AvgIpc) is 3.56. The molecule has 9 aromatic carbocycles. The van der Waals surface area contributed by atoms with E-state index in [4.69, 9.17) is 0 Å². The summed E-state index contributed by atoms with van der Waals surface area (Å²) in [7, 11) is 0. The Hall–Kier alpha value is -6.90. The predicted molar refractivity (Wildman–Crippen MR) is 221 cm³/mol. The SMILES string of the molecule is c1ccc(-c2c3ccccc3c(-c3ccccc3N(c3ccccc3)c3ccc(-n4c5ccccc5c5ccccc54)cc3)c3ccccc23)cc1. The largest absolute Gasteiger partial charge is 0.310 e. The van der Waals surface area contributed by atoms with Gasteiger partial charge in [-0.1, -0.05) is 152 Å². The van der Waals surface area contributed by atoms with Gasteiger partial charge in [-0.2, -0.15) is 0 Å². The molecular formula is C50H34N2. The zero-order valence-corrected chi connectivity index (χ0v) is 28.5. The maximum absolute atomic E-state index is 2.40. The van der Waals surface area contributed by atoms with E-state index < -0.39 is 0 Å². The lowest BCUT2D eigenvalue weighted by Gasteiger charge is -2.29. The molecule has 0 unspecified atom stereocenters. The van der Waals surface area contributed by atoms with E-state index in [-0.39, 0.29) is 0 Å². The Balaban J connectivity index is 1.20. The monoisotopic (exact) mass is 662 g/mol. The van der Waals surface area contributed by atoms with Crippen LogP contribution in [0.15, 0.2) is 206 Å². The Morgan fingerprint density at radius 2 is 0.731 bits per heavy atom. The van der Waals surface area contributed by atoms with Crippen LogP contribution in [0.5, 0.6) is 0 Å². The van der Waals surface area contributed by atoms with Crippen LogP contribution in [0.4, 0.5) is 17.1 Å². The van der Waals surface area contributed by atoms with E-state index in [1.807, 2.05) is 0 Å². The second kappa shape index (κ2) is 12.5. The lowest BCUT2D eigenvalue weighted by atomic mass is 9.85. The molecule has 52 heavy (non-hydrogen) atoms. The number of fused-ring (bicyclic) bond motifs is 5. The lowest BCUT2D eigenvalue weighted by molar-refractivity contribution is 1.17. The van der Waals surface area contributed by atoms with Crippen molar-refractivity contribution >= 4 is 60.4 Å². The first-order valence-electron chi connectivity index (χ1n) is 17.9. The van der Waals surface area contributed by atoms with Gasteiger partial charge in [0.25, 0.3) is 0 Å². The third kappa shape index (κ3) is 4.80. The van der Waals surface area contributed by atoms with Crippen LogP contribution in [0.3, 0.4) is 0 Å². The highest BCUT2D eigenvalue weighted by Crippen LogP contribution is 2.48. The van der Waals surface area contributed by atoms with Crippen molar-refractivity contribution in [3.8, 4) is 27.9 Å². The maximum atomic E-state index is 2.40. The van der Waals surface area contributed by atoms with Crippen LogP contribution < -0.4 is 4.90 Å². The van der Waals surface area contributed by atoms with Gasteiger partial charge in [0.15, 0.2) is 0 Å². The minimum absolute atomic E-state index is 1.10. The number of hydrogen-bond donors (Lipinski definition) is 0. The summed E-state index contributed by atoms with van der Waals surface area (Å²) >= 11 is 0. The van der Waals surface area contributed by atoms with Crippen LogP contribution in [0.1, 0.15) is 0 Å². The molecule has 0 aliphatic carbocycles. The van der Waals surface area contributed by atoms with Gasteiger partial charge in [0.1, 0.15) is 0 Å². The van der Waals surface area contributed by atoms with Gasteiger partial charge in [0.2, 0.25) is 0 Å². The Kier molecular flexibility index (Phi) is 7.18. The molecule has 1 aromatic heterocycles. The highest BCUT2D eigenvalue weighted by molar-refractivity contribution is 6.22. The number of anilines is 3. The first-order valence-corrected chi connectivity index (χ1v) is 17.9. The van der Waals surface area contributed by atoms with Gasteiger partial charge in [0, 0.05) is 33.4 Å². The molecule has 10 rings (SSSR count). The molecule has 0 radical (unpaired) electrons. The van der Waals surface area contributed by atoms with E-state index in [0.717, 1.165) is 22.7 Å². The van der Waals surface area contributed by atoms with Crippen LogP contribution in [0.2, 0.25) is 0 Å². The quantitative estimate of drug-likeness (QED) is 0.161. The van der Waals surface area contributed by atoms with Crippen molar-refractivity contribution in [2.24, 2.45) is 0 Å². The van der Waals surface area contributed by atoms with E-state index in [2.05, 4.69) is 216 Å². The number of aromatic nitrogens is 1. The molecular weight excluding hydrogens is 629 g/mol. The fraction of sp³-hybridized carbons (Fsp3) is 0. The van der Waals surface area contributed by atoms with Gasteiger partial charge in [0.05, 0.1) is 16.7 Å². The Labute approximate surface area is 303 Å². The standard InChI is InChI=1S/C50H34N2/c1-3-17-35(18-4-1)49-41-23-7-9-25-43(41)50(44-26-10-8-24-42(44)49)45-27-13-16-30-48(45)51(36-19-5-2-6-20-36)37-31-33-38(34-32-37)52-46-28-14-11-21-39(46)40-22-12-15-29-47(40)52/h1-34H. The van der Waals surface area contributed by atoms with Crippen molar-refractivity contribution in [2.45, 2.75) is 0 Å². The highest BCUT2D eigenvalue weighted by atomic mass is 15.1. The molecule has 0 saturated carbocycles. The molecule has 0 N–H and O–H groups in total. The molecule has 0 saturated heterocycles. The molecule has 2 nitrogen and oxygen atoms in total. The van der Waals surface area contributed by atoms with E-state index in [1.54, 1.807) is 0 Å². The number of benzene rings is 9. The number of para-hydroxylation sites is 4. The van der Waals surface area contributed by atoms with Gasteiger partial charge in [-0.05, 0) is 92.8 Å².